The Bertz CT molecular complexity index is 1670. The first-order valence-electron chi connectivity index (χ1n) is 11.6. The lowest BCUT2D eigenvalue weighted by Crippen LogP contribution is -2.43. The molecule has 0 saturated heterocycles. The van der Waals surface area contributed by atoms with Gasteiger partial charge in [-0.3, -0.25) is 14.2 Å². The smallest absolute Gasteiger partial charge is 0.256 e. The van der Waals surface area contributed by atoms with Crippen molar-refractivity contribution < 1.29 is 4.42 Å². The number of nitrogens with zero attached hydrogens (tertiary/aromatic N) is 2. The van der Waals surface area contributed by atoms with E-state index < -0.39 is 0 Å². The molecule has 0 spiro atoms. The number of fused-ring (bicyclic) bond motifs is 1. The van der Waals surface area contributed by atoms with Gasteiger partial charge in [-0.05, 0) is 42.5 Å². The van der Waals surface area contributed by atoms with Gasteiger partial charge in [0.15, 0.2) is 11.4 Å². The lowest BCUT2D eigenvalue weighted by molar-refractivity contribution is 0.253. The minimum absolute atomic E-state index is 0. The molecule has 0 bridgehead atoms. The van der Waals surface area contributed by atoms with Crippen LogP contribution in [-0.4, -0.2) is 9.55 Å². The third-order valence-corrected chi connectivity index (χ3v) is 6.87. The van der Waals surface area contributed by atoms with Crippen molar-refractivity contribution in [2.24, 2.45) is 5.73 Å². The molecule has 2 aromatic carbocycles. The first-order chi connectivity index (χ1) is 17.0. The first-order valence-corrected chi connectivity index (χ1v) is 11.6. The van der Waals surface area contributed by atoms with Gasteiger partial charge in [0, 0.05) is 29.6 Å². The number of halogens is 1. The highest BCUT2D eigenvalue weighted by molar-refractivity contribution is 5.91. The van der Waals surface area contributed by atoms with Crippen molar-refractivity contribution >= 4 is 23.4 Å². The molecule has 2 N–H and O–H groups in total. The summed E-state index contributed by atoms with van der Waals surface area (Å²) in [6.07, 6.45) is 6.20. The molecule has 0 radical (unpaired) electrons. The second-order valence-electron chi connectivity index (χ2n) is 9.01. The van der Waals surface area contributed by atoms with Gasteiger partial charge in [0.1, 0.15) is 5.76 Å². The second-order valence-corrected chi connectivity index (χ2v) is 9.01. The summed E-state index contributed by atoms with van der Waals surface area (Å²) in [6.45, 7) is 0. The standard InChI is InChI=1S/C29H23N3O3.ClH/c30-29(15-6-16-29)21-12-10-19(11-13-21)24-25(34)22-14-17-31-28(32-18-5-4-9-23(32)33)27(22)35-26(24)20-7-2-1-3-8-20;/h1-5,7-14,17-18H,6,15-16,30H2;1H. The number of hydrogen-bond acceptors (Lipinski definition) is 5. The summed E-state index contributed by atoms with van der Waals surface area (Å²) in [6, 6.07) is 23.9. The third-order valence-electron chi connectivity index (χ3n) is 6.87. The minimum atomic E-state index is -0.279. The Balaban J connectivity index is 0.00000267. The third kappa shape index (κ3) is 3.85. The van der Waals surface area contributed by atoms with Crippen LogP contribution in [0.5, 0.6) is 0 Å². The molecule has 6 rings (SSSR count). The van der Waals surface area contributed by atoms with Crippen LogP contribution in [0.2, 0.25) is 0 Å². The number of rotatable bonds is 4. The monoisotopic (exact) mass is 497 g/mol. The Morgan fingerprint density at radius 1 is 0.861 bits per heavy atom. The fourth-order valence-corrected chi connectivity index (χ4v) is 4.75. The molecule has 5 aromatic rings. The predicted octanol–water partition coefficient (Wildman–Crippen LogP) is 5.43. The molecule has 1 aliphatic rings. The Kier molecular flexibility index (Phi) is 6.08. The van der Waals surface area contributed by atoms with E-state index in [1.165, 1.54) is 16.8 Å². The molecule has 0 aliphatic heterocycles. The molecule has 0 atom stereocenters. The summed E-state index contributed by atoms with van der Waals surface area (Å²) in [5.74, 6) is 0.708. The van der Waals surface area contributed by atoms with Gasteiger partial charge >= 0.3 is 0 Å². The fraction of sp³-hybridized carbons (Fsp3) is 0.138. The van der Waals surface area contributed by atoms with Crippen LogP contribution >= 0.6 is 12.4 Å². The highest BCUT2D eigenvalue weighted by atomic mass is 35.5. The Labute approximate surface area is 213 Å². The summed E-state index contributed by atoms with van der Waals surface area (Å²) >= 11 is 0. The zero-order valence-corrected chi connectivity index (χ0v) is 20.2. The average Bonchev–Trinajstić information content (AvgIpc) is 2.88. The van der Waals surface area contributed by atoms with Gasteiger partial charge in [-0.2, -0.15) is 0 Å². The van der Waals surface area contributed by atoms with Crippen molar-refractivity contribution in [1.29, 1.82) is 0 Å². The van der Waals surface area contributed by atoms with Gasteiger partial charge in [0.25, 0.3) is 5.56 Å². The van der Waals surface area contributed by atoms with Crippen molar-refractivity contribution in [1.82, 2.24) is 9.55 Å². The summed E-state index contributed by atoms with van der Waals surface area (Å²) in [5, 5.41) is 0.360. The molecule has 0 amide bonds. The van der Waals surface area contributed by atoms with Crippen LogP contribution in [0.15, 0.2) is 105 Å². The lowest BCUT2D eigenvalue weighted by atomic mass is 9.72. The van der Waals surface area contributed by atoms with Crippen LogP contribution in [0.25, 0.3) is 39.2 Å². The number of aromatic nitrogens is 2. The SMILES string of the molecule is Cl.NC1(c2ccc(-c3c(-c4ccccc4)oc4c(-n5ccccc5=O)nccc4c3=O)cc2)CCC1. The van der Waals surface area contributed by atoms with E-state index in [1.807, 2.05) is 54.6 Å². The van der Waals surface area contributed by atoms with E-state index in [0.717, 1.165) is 36.0 Å². The van der Waals surface area contributed by atoms with Crippen LogP contribution < -0.4 is 16.7 Å². The maximum atomic E-state index is 13.9. The number of pyridine rings is 2. The molecule has 3 aromatic heterocycles. The number of benzene rings is 2. The molecule has 6 nitrogen and oxygen atoms in total. The highest BCUT2D eigenvalue weighted by Crippen LogP contribution is 2.40. The predicted molar refractivity (Wildman–Crippen MR) is 144 cm³/mol. The molecular formula is C29H24ClN3O3. The van der Waals surface area contributed by atoms with Gasteiger partial charge in [0.05, 0.1) is 10.9 Å². The Morgan fingerprint density at radius 3 is 2.25 bits per heavy atom. The van der Waals surface area contributed by atoms with E-state index in [4.69, 9.17) is 10.2 Å². The summed E-state index contributed by atoms with van der Waals surface area (Å²) in [4.78, 5) is 30.9. The topological polar surface area (TPSA) is 91.1 Å². The summed E-state index contributed by atoms with van der Waals surface area (Å²) in [7, 11) is 0. The van der Waals surface area contributed by atoms with Gasteiger partial charge in [-0.25, -0.2) is 4.98 Å². The molecule has 1 fully saturated rings. The van der Waals surface area contributed by atoms with Crippen molar-refractivity contribution in [2.75, 3.05) is 0 Å². The van der Waals surface area contributed by atoms with Crippen LogP contribution in [-0.2, 0) is 5.54 Å². The minimum Gasteiger partial charge on any atom is -0.451 e. The Morgan fingerprint density at radius 2 is 1.58 bits per heavy atom. The number of nitrogens with two attached hydrogens (primary N) is 1. The van der Waals surface area contributed by atoms with Gasteiger partial charge in [0.2, 0.25) is 5.43 Å². The molecule has 36 heavy (non-hydrogen) atoms. The van der Waals surface area contributed by atoms with E-state index in [0.29, 0.717) is 16.7 Å². The van der Waals surface area contributed by atoms with Crippen LogP contribution in [0.3, 0.4) is 0 Å². The van der Waals surface area contributed by atoms with Crippen molar-refractivity contribution in [2.45, 2.75) is 24.8 Å². The van der Waals surface area contributed by atoms with E-state index in [2.05, 4.69) is 4.98 Å². The van der Waals surface area contributed by atoms with Crippen LogP contribution in [0.1, 0.15) is 24.8 Å². The normalized spacial score (nSPS) is 14.1. The molecular weight excluding hydrogens is 474 g/mol. The zero-order chi connectivity index (χ0) is 24.0. The van der Waals surface area contributed by atoms with Crippen molar-refractivity contribution in [3.05, 3.63) is 117 Å². The molecule has 3 heterocycles. The van der Waals surface area contributed by atoms with Crippen LogP contribution in [0, 0.1) is 0 Å². The van der Waals surface area contributed by atoms with E-state index in [9.17, 15) is 9.59 Å². The average molecular weight is 498 g/mol. The summed E-state index contributed by atoms with van der Waals surface area (Å²) in [5.41, 5.74) is 9.10. The largest absolute Gasteiger partial charge is 0.451 e. The van der Waals surface area contributed by atoms with Crippen molar-refractivity contribution in [3.8, 4) is 28.3 Å². The maximum Gasteiger partial charge on any atom is 0.256 e. The fourth-order valence-electron chi connectivity index (χ4n) is 4.75. The summed E-state index contributed by atoms with van der Waals surface area (Å²) < 4.78 is 7.82. The zero-order valence-electron chi connectivity index (χ0n) is 19.4. The molecule has 1 saturated carbocycles. The van der Waals surface area contributed by atoms with Crippen molar-refractivity contribution in [3.63, 3.8) is 0 Å². The van der Waals surface area contributed by atoms with Crippen LogP contribution in [0.4, 0.5) is 0 Å². The van der Waals surface area contributed by atoms with E-state index >= 15 is 0 Å². The number of hydrogen-bond donors (Lipinski definition) is 1. The second kappa shape index (κ2) is 9.22. The first kappa shape index (κ1) is 23.7. The highest BCUT2D eigenvalue weighted by Gasteiger charge is 2.34. The maximum absolute atomic E-state index is 13.9. The van der Waals surface area contributed by atoms with E-state index in [-0.39, 0.29) is 40.3 Å². The molecule has 7 heteroatoms. The lowest BCUT2D eigenvalue weighted by Gasteiger charge is -2.38. The van der Waals surface area contributed by atoms with E-state index in [1.54, 1.807) is 24.4 Å². The van der Waals surface area contributed by atoms with Gasteiger partial charge < -0.3 is 10.2 Å². The quantitative estimate of drug-likeness (QED) is 0.357. The van der Waals surface area contributed by atoms with Gasteiger partial charge in [-0.15, -0.1) is 12.4 Å². The Hall–Kier alpha value is -4.00. The van der Waals surface area contributed by atoms with Gasteiger partial charge in [-0.1, -0.05) is 60.7 Å². The molecule has 180 valence electrons. The molecule has 0 unspecified atom stereocenters. The molecule has 1 aliphatic carbocycles.